The molecule has 1 aromatic heterocycles. The topological polar surface area (TPSA) is 50.2 Å². The molecule has 0 radical (unpaired) electrons. The van der Waals surface area contributed by atoms with Gasteiger partial charge in [-0.1, -0.05) is 6.07 Å². The fourth-order valence-electron chi connectivity index (χ4n) is 1.73. The van der Waals surface area contributed by atoms with Gasteiger partial charge in [0.15, 0.2) is 0 Å². The van der Waals surface area contributed by atoms with Crippen LogP contribution in [0.2, 0.25) is 0 Å². The fraction of sp³-hybridized carbons (Fsp3) is 0.0769. The van der Waals surface area contributed by atoms with Gasteiger partial charge in [0.1, 0.15) is 5.82 Å². The van der Waals surface area contributed by atoms with Crippen LogP contribution in [-0.2, 0) is 6.18 Å². The van der Waals surface area contributed by atoms with Crippen LogP contribution in [0.4, 0.5) is 17.6 Å². The van der Waals surface area contributed by atoms with E-state index < -0.39 is 23.5 Å². The Kier molecular flexibility index (Phi) is 3.44. The molecule has 20 heavy (non-hydrogen) atoms. The van der Waals surface area contributed by atoms with E-state index in [1.54, 1.807) is 0 Å². The Balaban J connectivity index is 2.63. The van der Waals surface area contributed by atoms with E-state index in [1.807, 2.05) is 0 Å². The first-order valence-corrected chi connectivity index (χ1v) is 5.35. The lowest BCUT2D eigenvalue weighted by Crippen LogP contribution is -2.08. The molecule has 2 aromatic rings. The van der Waals surface area contributed by atoms with Crippen molar-refractivity contribution in [3.05, 3.63) is 53.6 Å². The van der Waals surface area contributed by atoms with Gasteiger partial charge in [0.05, 0.1) is 11.1 Å². The van der Waals surface area contributed by atoms with Gasteiger partial charge in [0.25, 0.3) is 0 Å². The summed E-state index contributed by atoms with van der Waals surface area (Å²) in [5, 5.41) is 8.97. The second-order valence-electron chi connectivity index (χ2n) is 3.92. The molecule has 7 heteroatoms. The lowest BCUT2D eigenvalue weighted by molar-refractivity contribution is -0.139. The van der Waals surface area contributed by atoms with Crippen molar-refractivity contribution in [3.8, 4) is 11.1 Å². The molecule has 0 amide bonds. The van der Waals surface area contributed by atoms with Gasteiger partial charge in [-0.2, -0.15) is 13.2 Å². The third-order valence-corrected chi connectivity index (χ3v) is 2.63. The molecule has 2 rings (SSSR count). The van der Waals surface area contributed by atoms with Crippen molar-refractivity contribution in [3.63, 3.8) is 0 Å². The van der Waals surface area contributed by atoms with Crippen LogP contribution in [0.25, 0.3) is 11.1 Å². The number of carboxylic acids is 1. The van der Waals surface area contributed by atoms with Crippen LogP contribution >= 0.6 is 0 Å². The normalized spacial score (nSPS) is 11.4. The van der Waals surface area contributed by atoms with Crippen molar-refractivity contribution in [2.45, 2.75) is 6.18 Å². The van der Waals surface area contributed by atoms with E-state index in [9.17, 15) is 22.4 Å². The molecule has 0 bridgehead atoms. The summed E-state index contributed by atoms with van der Waals surface area (Å²) in [7, 11) is 0. The van der Waals surface area contributed by atoms with Gasteiger partial charge in [0.2, 0.25) is 0 Å². The number of carbonyl (C=O) groups is 1. The van der Waals surface area contributed by atoms with Crippen LogP contribution in [0.3, 0.4) is 0 Å². The highest BCUT2D eigenvalue weighted by molar-refractivity contribution is 5.95. The van der Waals surface area contributed by atoms with Crippen molar-refractivity contribution < 1.29 is 27.5 Å². The van der Waals surface area contributed by atoms with Crippen LogP contribution in [0.15, 0.2) is 36.7 Å². The SMILES string of the molecule is O=C(O)c1cnccc1-c1ccc(F)c(C(F)(F)F)c1. The monoisotopic (exact) mass is 285 g/mol. The van der Waals surface area contributed by atoms with E-state index in [0.29, 0.717) is 12.1 Å². The molecule has 0 aliphatic heterocycles. The third kappa shape index (κ3) is 2.61. The van der Waals surface area contributed by atoms with Gasteiger partial charge in [-0.05, 0) is 29.3 Å². The van der Waals surface area contributed by atoms with Crippen molar-refractivity contribution in [1.29, 1.82) is 0 Å². The molecule has 0 unspecified atom stereocenters. The van der Waals surface area contributed by atoms with Crippen molar-refractivity contribution in [2.24, 2.45) is 0 Å². The molecule has 0 saturated carbocycles. The molecular formula is C13H7F4NO2. The molecule has 0 atom stereocenters. The van der Waals surface area contributed by atoms with E-state index in [1.165, 1.54) is 12.3 Å². The zero-order chi connectivity index (χ0) is 14.9. The zero-order valence-corrected chi connectivity index (χ0v) is 9.78. The average Bonchev–Trinajstić information content (AvgIpc) is 2.38. The second kappa shape index (κ2) is 4.92. The Morgan fingerprint density at radius 2 is 1.90 bits per heavy atom. The Morgan fingerprint density at radius 3 is 2.50 bits per heavy atom. The predicted molar refractivity (Wildman–Crippen MR) is 61.6 cm³/mol. The molecule has 1 heterocycles. The Labute approximate surface area is 110 Å². The highest BCUT2D eigenvalue weighted by Crippen LogP contribution is 2.34. The predicted octanol–water partition coefficient (Wildman–Crippen LogP) is 3.60. The summed E-state index contributed by atoms with van der Waals surface area (Å²) in [4.78, 5) is 14.6. The van der Waals surface area contributed by atoms with Crippen LogP contribution in [0.5, 0.6) is 0 Å². The molecule has 1 N–H and O–H groups in total. The van der Waals surface area contributed by atoms with E-state index >= 15 is 0 Å². The molecular weight excluding hydrogens is 278 g/mol. The van der Waals surface area contributed by atoms with Crippen molar-refractivity contribution in [1.82, 2.24) is 4.98 Å². The van der Waals surface area contributed by atoms with Crippen LogP contribution < -0.4 is 0 Å². The number of hydrogen-bond acceptors (Lipinski definition) is 2. The van der Waals surface area contributed by atoms with E-state index in [-0.39, 0.29) is 16.7 Å². The maximum Gasteiger partial charge on any atom is 0.419 e. The number of benzene rings is 1. The molecule has 0 aliphatic rings. The summed E-state index contributed by atoms with van der Waals surface area (Å²) in [5.41, 5.74) is -1.70. The maximum atomic E-state index is 13.2. The van der Waals surface area contributed by atoms with Gasteiger partial charge in [-0.15, -0.1) is 0 Å². The molecule has 104 valence electrons. The third-order valence-electron chi connectivity index (χ3n) is 2.63. The number of carboxylic acid groups (broad SMARTS) is 1. The standard InChI is InChI=1S/C13H7F4NO2/c14-11-2-1-7(5-10(11)13(15,16)17)8-3-4-18-6-9(8)12(19)20/h1-6H,(H,19,20). The maximum absolute atomic E-state index is 13.2. The average molecular weight is 285 g/mol. The van der Waals surface area contributed by atoms with Gasteiger partial charge in [-0.3, -0.25) is 4.98 Å². The number of nitrogens with zero attached hydrogens (tertiary/aromatic N) is 1. The highest BCUT2D eigenvalue weighted by atomic mass is 19.4. The minimum Gasteiger partial charge on any atom is -0.478 e. The summed E-state index contributed by atoms with van der Waals surface area (Å²) in [6.07, 6.45) is -2.58. The number of aromatic nitrogens is 1. The summed E-state index contributed by atoms with van der Waals surface area (Å²) < 4.78 is 51.1. The van der Waals surface area contributed by atoms with Crippen molar-refractivity contribution >= 4 is 5.97 Å². The minimum absolute atomic E-state index is 0.0398. The zero-order valence-electron chi connectivity index (χ0n) is 9.78. The van der Waals surface area contributed by atoms with Crippen LogP contribution in [-0.4, -0.2) is 16.1 Å². The summed E-state index contributed by atoms with van der Waals surface area (Å²) in [5.74, 6) is -2.74. The number of rotatable bonds is 2. The molecule has 0 aliphatic carbocycles. The molecule has 0 saturated heterocycles. The number of halogens is 4. The first kappa shape index (κ1) is 14.0. The first-order chi connectivity index (χ1) is 9.30. The Bertz CT molecular complexity index is 668. The van der Waals surface area contributed by atoms with Crippen LogP contribution in [0, 0.1) is 5.82 Å². The highest BCUT2D eigenvalue weighted by Gasteiger charge is 2.34. The molecule has 0 spiro atoms. The van der Waals surface area contributed by atoms with E-state index in [4.69, 9.17) is 5.11 Å². The summed E-state index contributed by atoms with van der Waals surface area (Å²) >= 11 is 0. The smallest absolute Gasteiger partial charge is 0.419 e. The van der Waals surface area contributed by atoms with Crippen LogP contribution in [0.1, 0.15) is 15.9 Å². The molecule has 1 aromatic carbocycles. The molecule has 0 fully saturated rings. The van der Waals surface area contributed by atoms with Gasteiger partial charge >= 0.3 is 12.1 Å². The number of pyridine rings is 1. The van der Waals surface area contributed by atoms with E-state index in [0.717, 1.165) is 12.3 Å². The lowest BCUT2D eigenvalue weighted by atomic mass is 9.99. The van der Waals surface area contributed by atoms with E-state index in [2.05, 4.69) is 4.98 Å². The summed E-state index contributed by atoms with van der Waals surface area (Å²) in [6, 6.07) is 3.59. The molecule has 3 nitrogen and oxygen atoms in total. The Hall–Kier alpha value is -2.44. The Morgan fingerprint density at radius 1 is 1.20 bits per heavy atom. The largest absolute Gasteiger partial charge is 0.478 e. The second-order valence-corrected chi connectivity index (χ2v) is 3.92. The number of hydrogen-bond donors (Lipinski definition) is 1. The lowest BCUT2D eigenvalue weighted by Gasteiger charge is -2.11. The minimum atomic E-state index is -4.85. The quantitative estimate of drug-likeness (QED) is 0.858. The van der Waals surface area contributed by atoms with Crippen molar-refractivity contribution in [2.75, 3.05) is 0 Å². The summed E-state index contributed by atoms with van der Waals surface area (Å²) in [6.45, 7) is 0. The van der Waals surface area contributed by atoms with Gasteiger partial charge < -0.3 is 5.11 Å². The van der Waals surface area contributed by atoms with Gasteiger partial charge in [-0.25, -0.2) is 9.18 Å². The number of alkyl halides is 3. The first-order valence-electron chi connectivity index (χ1n) is 5.35. The fourth-order valence-corrected chi connectivity index (χ4v) is 1.73. The number of aromatic carboxylic acids is 1. The van der Waals surface area contributed by atoms with Gasteiger partial charge in [0, 0.05) is 12.4 Å².